The van der Waals surface area contributed by atoms with E-state index in [-0.39, 0.29) is 64.7 Å². The highest BCUT2D eigenvalue weighted by Gasteiger charge is 2.39. The van der Waals surface area contributed by atoms with Gasteiger partial charge in [0.15, 0.2) is 5.82 Å². The minimum Gasteiger partial charge on any atom is -0.508 e. The lowest BCUT2D eigenvalue weighted by Crippen LogP contribution is -2.42. The number of benzene rings is 3. The molecule has 4 N–H and O–H groups in total. The molecule has 9 rings (SSSR count). The second kappa shape index (κ2) is 14.9. The highest BCUT2D eigenvalue weighted by molar-refractivity contribution is 5.89. The van der Waals surface area contributed by atoms with Gasteiger partial charge < -0.3 is 39.0 Å². The largest absolute Gasteiger partial charge is 0.508 e. The molecule has 0 spiro atoms. The number of nitrogens with zero attached hydrogens (tertiary/aromatic N) is 5. The molecular formula is C44H42N6O10. The van der Waals surface area contributed by atoms with Gasteiger partial charge in [0.2, 0.25) is 6.10 Å². The van der Waals surface area contributed by atoms with Gasteiger partial charge in [-0.25, -0.2) is 29.0 Å². The van der Waals surface area contributed by atoms with Gasteiger partial charge in [-0.3, -0.25) is 4.79 Å². The van der Waals surface area contributed by atoms with Crippen LogP contribution in [0.4, 0.5) is 4.79 Å². The molecule has 6 heterocycles. The van der Waals surface area contributed by atoms with E-state index in [1.807, 2.05) is 20.8 Å². The molecule has 1 unspecified atom stereocenters. The van der Waals surface area contributed by atoms with Crippen LogP contribution in [0, 0.1) is 5.92 Å². The van der Waals surface area contributed by atoms with E-state index >= 15 is 0 Å². The first-order chi connectivity index (χ1) is 28.9. The van der Waals surface area contributed by atoms with E-state index in [1.54, 1.807) is 59.2 Å². The fourth-order valence-corrected chi connectivity index (χ4v) is 8.51. The Bertz CT molecular complexity index is 2830. The summed E-state index contributed by atoms with van der Waals surface area (Å²) in [6, 6.07) is 16.4. The average molecular weight is 815 g/mol. The third-order valence-electron chi connectivity index (χ3n) is 11.7. The van der Waals surface area contributed by atoms with Crippen molar-refractivity contribution < 1.29 is 39.1 Å². The number of cyclic esters (lactones) is 1. The van der Waals surface area contributed by atoms with Crippen molar-refractivity contribution >= 4 is 23.0 Å². The van der Waals surface area contributed by atoms with Gasteiger partial charge in [-0.15, -0.1) is 0 Å². The van der Waals surface area contributed by atoms with Crippen LogP contribution in [0.2, 0.25) is 0 Å². The van der Waals surface area contributed by atoms with Crippen LogP contribution in [0.3, 0.4) is 0 Å². The zero-order valence-corrected chi connectivity index (χ0v) is 33.1. The number of nitrogens with one attached hydrogen (secondary N) is 1. The van der Waals surface area contributed by atoms with Crippen molar-refractivity contribution in [1.29, 1.82) is 0 Å². The Morgan fingerprint density at radius 3 is 2.47 bits per heavy atom. The number of fused-ring (bicyclic) bond motifs is 5. The molecule has 1 atom stereocenters. The number of phenols is 3. The number of ether oxygens (including phenoxy) is 3. The zero-order valence-electron chi connectivity index (χ0n) is 33.1. The van der Waals surface area contributed by atoms with E-state index in [4.69, 9.17) is 19.2 Å². The SMILES string of the molecule is CCc1c2c(nc3ccc(O)cc13)-c1cc3c(c(=O)n1C2)COC(=O)C3OC(=O)N1CCC(COc2ccc(-n3c(-c4cc(C(C)C)c(O)cc4O)n[nH]c3=O)cc2)CC1. The lowest BCUT2D eigenvalue weighted by Gasteiger charge is -2.33. The Labute approximate surface area is 342 Å². The Morgan fingerprint density at radius 2 is 1.73 bits per heavy atom. The van der Waals surface area contributed by atoms with Crippen LogP contribution in [-0.2, 0) is 33.8 Å². The van der Waals surface area contributed by atoms with Crippen LogP contribution >= 0.6 is 0 Å². The summed E-state index contributed by atoms with van der Waals surface area (Å²) in [4.78, 5) is 59.8. The highest BCUT2D eigenvalue weighted by atomic mass is 16.6. The lowest BCUT2D eigenvalue weighted by atomic mass is 9.97. The molecule has 0 saturated carbocycles. The van der Waals surface area contributed by atoms with Gasteiger partial charge in [0.1, 0.15) is 29.6 Å². The quantitative estimate of drug-likeness (QED) is 0.134. The molecule has 0 aliphatic carbocycles. The van der Waals surface area contributed by atoms with Gasteiger partial charge >= 0.3 is 17.8 Å². The van der Waals surface area contributed by atoms with Crippen molar-refractivity contribution in [3.63, 3.8) is 0 Å². The van der Waals surface area contributed by atoms with Crippen molar-refractivity contribution in [1.82, 2.24) is 29.2 Å². The van der Waals surface area contributed by atoms with Gasteiger partial charge in [-0.2, -0.15) is 5.10 Å². The number of aryl methyl sites for hydroxylation is 1. The fourth-order valence-electron chi connectivity index (χ4n) is 8.51. The number of aromatic nitrogens is 5. The van der Waals surface area contributed by atoms with E-state index in [9.17, 15) is 34.5 Å². The first-order valence-corrected chi connectivity index (χ1v) is 19.9. The summed E-state index contributed by atoms with van der Waals surface area (Å²) in [6.07, 6.45) is -0.228. The molecule has 3 aromatic carbocycles. The molecule has 16 heteroatoms. The number of carbonyl (C=O) groups excluding carboxylic acids is 2. The number of H-pyrrole nitrogens is 1. The molecule has 3 aliphatic rings. The van der Waals surface area contributed by atoms with Crippen molar-refractivity contribution in [2.75, 3.05) is 19.7 Å². The topological polar surface area (TPSA) is 211 Å². The molecule has 3 aliphatic heterocycles. The van der Waals surface area contributed by atoms with Gasteiger partial charge in [-0.1, -0.05) is 20.8 Å². The fraction of sp³-hybridized carbons (Fsp3) is 0.318. The molecule has 308 valence electrons. The molecule has 0 bridgehead atoms. The second-order valence-corrected chi connectivity index (χ2v) is 15.7. The normalized spacial score (nSPS) is 16.1. The number of likely N-dealkylation sites (tertiary alicyclic amines) is 1. The Kier molecular flexibility index (Phi) is 9.56. The van der Waals surface area contributed by atoms with E-state index in [0.717, 1.165) is 16.5 Å². The van der Waals surface area contributed by atoms with Gasteiger partial charge in [0, 0.05) is 35.7 Å². The maximum absolute atomic E-state index is 13.9. The van der Waals surface area contributed by atoms with Crippen molar-refractivity contribution in [2.24, 2.45) is 5.92 Å². The van der Waals surface area contributed by atoms with E-state index in [2.05, 4.69) is 10.2 Å². The second-order valence-electron chi connectivity index (χ2n) is 15.7. The number of hydrogen-bond acceptors (Lipinski definition) is 12. The van der Waals surface area contributed by atoms with Crippen LogP contribution in [0.15, 0.2) is 70.3 Å². The average Bonchev–Trinajstić information content (AvgIpc) is 3.80. The molecule has 1 fully saturated rings. The molecule has 1 amide bonds. The summed E-state index contributed by atoms with van der Waals surface area (Å²) < 4.78 is 20.2. The van der Waals surface area contributed by atoms with Gasteiger partial charge in [-0.05, 0) is 96.8 Å². The number of pyridine rings is 2. The van der Waals surface area contributed by atoms with Crippen molar-refractivity contribution in [3.8, 4) is 51.5 Å². The Hall–Kier alpha value is -7.10. The Balaban J connectivity index is 0.851. The standard InChI is InChI=1S/C44H42N6O10/c1-4-27-29-15-25(51)7-10-34(29)45-38-32(27)19-49-35(38)17-30-33(41(49)54)21-59-42(55)39(30)60-44(57)48-13-11-23(12-14-48)20-58-26-8-5-24(6-9-26)50-40(46-47-43(50)56)31-16-28(22(2)3)36(52)18-37(31)53/h5-10,15-18,22-23,39,51-53H,4,11-14,19-21H2,1-3H3,(H,47,56). The number of hydrogen-bond donors (Lipinski definition) is 4. The van der Waals surface area contributed by atoms with Crippen LogP contribution < -0.4 is 16.0 Å². The monoisotopic (exact) mass is 814 g/mol. The summed E-state index contributed by atoms with van der Waals surface area (Å²) in [5.74, 6) is -0.0517. The van der Waals surface area contributed by atoms with Crippen molar-refractivity contribution in [2.45, 2.75) is 65.2 Å². The smallest absolute Gasteiger partial charge is 0.410 e. The molecule has 1 saturated heterocycles. The van der Waals surface area contributed by atoms with Crippen LogP contribution in [0.1, 0.15) is 73.5 Å². The minimum absolute atomic E-state index is 0.0378. The van der Waals surface area contributed by atoms with Crippen LogP contribution in [0.25, 0.3) is 39.4 Å². The van der Waals surface area contributed by atoms with Crippen LogP contribution in [-0.4, -0.2) is 76.3 Å². The van der Waals surface area contributed by atoms with E-state index < -0.39 is 23.9 Å². The highest BCUT2D eigenvalue weighted by Crippen LogP contribution is 2.40. The zero-order chi connectivity index (χ0) is 42.0. The lowest BCUT2D eigenvalue weighted by molar-refractivity contribution is -0.158. The summed E-state index contributed by atoms with van der Waals surface area (Å²) in [5.41, 5.74) is 4.73. The Morgan fingerprint density at radius 1 is 0.967 bits per heavy atom. The number of aromatic amines is 1. The van der Waals surface area contributed by atoms with E-state index in [0.29, 0.717) is 78.4 Å². The van der Waals surface area contributed by atoms with Gasteiger partial charge in [0.05, 0.1) is 46.9 Å². The first kappa shape index (κ1) is 38.4. The minimum atomic E-state index is -1.42. The predicted octanol–water partition coefficient (Wildman–Crippen LogP) is 5.79. The third kappa shape index (κ3) is 6.57. The maximum atomic E-state index is 13.9. The number of rotatable bonds is 8. The summed E-state index contributed by atoms with van der Waals surface area (Å²) in [7, 11) is 0. The number of amides is 1. The predicted molar refractivity (Wildman–Crippen MR) is 217 cm³/mol. The number of piperidine rings is 1. The molecular weight excluding hydrogens is 773 g/mol. The van der Waals surface area contributed by atoms with Crippen LogP contribution in [0.5, 0.6) is 23.0 Å². The summed E-state index contributed by atoms with van der Waals surface area (Å²) >= 11 is 0. The number of phenolic OH excluding ortho intramolecular Hbond substituents is 3. The molecule has 16 nitrogen and oxygen atoms in total. The van der Waals surface area contributed by atoms with E-state index in [1.165, 1.54) is 15.5 Å². The third-order valence-corrected chi connectivity index (χ3v) is 11.7. The molecule has 6 aromatic rings. The number of aromatic hydroxyl groups is 3. The number of esters is 1. The maximum Gasteiger partial charge on any atom is 0.410 e. The van der Waals surface area contributed by atoms with Gasteiger partial charge in [0.25, 0.3) is 5.56 Å². The number of carbonyl (C=O) groups is 2. The summed E-state index contributed by atoms with van der Waals surface area (Å²) in [6.45, 7) is 6.97. The van der Waals surface area contributed by atoms with Crippen molar-refractivity contribution in [3.05, 3.63) is 109 Å². The summed E-state index contributed by atoms with van der Waals surface area (Å²) in [5, 5.41) is 38.5. The first-order valence-electron chi connectivity index (χ1n) is 19.9. The molecule has 0 radical (unpaired) electrons. The molecule has 60 heavy (non-hydrogen) atoms. The molecule has 3 aromatic heterocycles.